The van der Waals surface area contributed by atoms with Crippen LogP contribution >= 0.6 is 0 Å². The average molecular weight is 314 g/mol. The van der Waals surface area contributed by atoms with Crippen LogP contribution in [-0.4, -0.2) is 28.1 Å². The van der Waals surface area contributed by atoms with Crippen molar-refractivity contribution in [2.75, 3.05) is 19.8 Å². The van der Waals surface area contributed by atoms with Crippen LogP contribution in [0.15, 0.2) is 0 Å². The summed E-state index contributed by atoms with van der Waals surface area (Å²) >= 11 is -3.50. The van der Waals surface area contributed by atoms with E-state index in [0.29, 0.717) is 19.8 Å². The van der Waals surface area contributed by atoms with E-state index < -0.39 is 26.5 Å². The monoisotopic (exact) mass is 314 g/mol. The zero-order chi connectivity index (χ0) is 14.1. The molecule has 0 aromatic heterocycles. The van der Waals surface area contributed by atoms with E-state index in [9.17, 15) is 0 Å². The third-order valence-electron chi connectivity index (χ3n) is 1.88. The molecule has 0 rings (SSSR count). The van der Waals surface area contributed by atoms with E-state index in [1.54, 1.807) is 0 Å². The topological polar surface area (TPSA) is 36.9 Å². The van der Waals surface area contributed by atoms with Crippen molar-refractivity contribution < 1.29 is 31.1 Å². The molecule has 0 heterocycles. The van der Waals surface area contributed by atoms with Gasteiger partial charge in [-0.2, -0.15) is 0 Å². The number of hydrogen-bond donors (Lipinski definition) is 0. The molecule has 4 nitrogen and oxygen atoms in total. The molecule has 0 unspecified atom stereocenters. The molecule has 18 heavy (non-hydrogen) atoms. The molecule has 110 valence electrons. The molecule has 0 amide bonds. The zero-order valence-corrected chi connectivity index (χ0v) is 15.4. The summed E-state index contributed by atoms with van der Waals surface area (Å²) in [7, 11) is -1.73. The predicted octanol–water partition coefficient (Wildman–Crippen LogP) is 3.93. The molecule has 0 atom stereocenters. The van der Waals surface area contributed by atoms with Crippen molar-refractivity contribution in [3.8, 4) is 0 Å². The van der Waals surface area contributed by atoms with Crippen molar-refractivity contribution in [1.82, 2.24) is 0 Å². The Morgan fingerprint density at radius 1 is 0.722 bits per heavy atom. The molecule has 6 heteroatoms. The van der Waals surface area contributed by atoms with Gasteiger partial charge >= 0.3 is 119 Å². The zero-order valence-electron chi connectivity index (χ0n) is 12.9. The van der Waals surface area contributed by atoms with E-state index in [1.807, 2.05) is 0 Å². The molecule has 0 saturated carbocycles. The first-order valence-corrected chi connectivity index (χ1v) is 13.0. The molecule has 0 bridgehead atoms. The van der Waals surface area contributed by atoms with E-state index in [2.05, 4.69) is 40.4 Å². The first kappa shape index (κ1) is 18.8. The van der Waals surface area contributed by atoms with Gasteiger partial charge in [0.05, 0.1) is 0 Å². The van der Waals surface area contributed by atoms with Gasteiger partial charge in [-0.3, -0.25) is 0 Å². The van der Waals surface area contributed by atoms with Crippen molar-refractivity contribution in [2.24, 2.45) is 0 Å². The summed E-state index contributed by atoms with van der Waals surface area (Å²) in [6, 6.07) is 0. The van der Waals surface area contributed by atoms with Gasteiger partial charge in [0.2, 0.25) is 0 Å². The average Bonchev–Trinajstić information content (AvgIpc) is 2.29. The summed E-state index contributed by atoms with van der Waals surface area (Å²) in [5.74, 6) is 0. The van der Waals surface area contributed by atoms with E-state index in [4.69, 9.17) is 13.0 Å². The quantitative estimate of drug-likeness (QED) is 0.541. The van der Waals surface area contributed by atoms with Crippen LogP contribution in [0.2, 0.25) is 19.6 Å². The minimum absolute atomic E-state index is 0.651. The van der Waals surface area contributed by atoms with Crippen LogP contribution in [0.5, 0.6) is 0 Å². The number of rotatable bonds is 11. The summed E-state index contributed by atoms with van der Waals surface area (Å²) in [5, 5.41) is 0. The SMILES string of the molecule is CCC[O][Ti]([O]CCC)([O]CCC)[O][Si](C)(C)C. The molecule has 0 aliphatic rings. The fourth-order valence-electron chi connectivity index (χ4n) is 1.27. The molecule has 0 fully saturated rings. The van der Waals surface area contributed by atoms with Crippen molar-refractivity contribution in [3.63, 3.8) is 0 Å². The summed E-state index contributed by atoms with van der Waals surface area (Å²) in [6.45, 7) is 14.6. The van der Waals surface area contributed by atoms with Gasteiger partial charge in [0.25, 0.3) is 0 Å². The Labute approximate surface area is 119 Å². The van der Waals surface area contributed by atoms with E-state index >= 15 is 0 Å². The second-order valence-electron chi connectivity index (χ2n) is 5.26. The van der Waals surface area contributed by atoms with Crippen LogP contribution in [0.4, 0.5) is 0 Å². The Balaban J connectivity index is 4.73. The first-order chi connectivity index (χ1) is 8.39. The summed E-state index contributed by atoms with van der Waals surface area (Å²) in [4.78, 5) is 0. The fraction of sp³-hybridized carbons (Fsp3) is 1.00. The second kappa shape index (κ2) is 9.64. The minimum atomic E-state index is -3.50. The maximum absolute atomic E-state index is 6.19. The maximum atomic E-state index is 6.19. The van der Waals surface area contributed by atoms with Crippen molar-refractivity contribution >= 4 is 8.32 Å². The third kappa shape index (κ3) is 8.80. The molecular weight excluding hydrogens is 284 g/mol. The summed E-state index contributed by atoms with van der Waals surface area (Å²) in [6.07, 6.45) is 2.85. The van der Waals surface area contributed by atoms with Crippen molar-refractivity contribution in [3.05, 3.63) is 0 Å². The molecule has 0 spiro atoms. The van der Waals surface area contributed by atoms with Gasteiger partial charge in [-0.25, -0.2) is 0 Å². The molecule has 0 aliphatic heterocycles. The number of hydrogen-bond acceptors (Lipinski definition) is 4. The normalized spacial score (nSPS) is 13.0. The molecule has 0 saturated heterocycles. The van der Waals surface area contributed by atoms with Crippen LogP contribution in [0.1, 0.15) is 40.0 Å². The van der Waals surface area contributed by atoms with Gasteiger partial charge in [-0.1, -0.05) is 0 Å². The third-order valence-corrected chi connectivity index (χ3v) is 9.39. The van der Waals surface area contributed by atoms with E-state index in [-0.39, 0.29) is 0 Å². The Morgan fingerprint density at radius 2 is 1.06 bits per heavy atom. The van der Waals surface area contributed by atoms with Gasteiger partial charge in [-0.05, 0) is 0 Å². The van der Waals surface area contributed by atoms with Gasteiger partial charge < -0.3 is 0 Å². The molecule has 0 aromatic rings. The second-order valence-corrected chi connectivity index (χ2v) is 13.6. The van der Waals surface area contributed by atoms with Crippen LogP contribution in [0, 0.1) is 0 Å². The predicted molar refractivity (Wildman–Crippen MR) is 73.2 cm³/mol. The van der Waals surface area contributed by atoms with Crippen LogP contribution in [0.3, 0.4) is 0 Å². The first-order valence-electron chi connectivity index (χ1n) is 7.01. The van der Waals surface area contributed by atoms with Crippen LogP contribution in [0.25, 0.3) is 0 Å². The standard InChI is InChI=1S/C3H9OSi.3C3H7O.Ti/c1-5(2,3)4;3*1-2-3-4;/h1-3H3;3*2-3H2,1H3;/q4*-1;+4. The summed E-state index contributed by atoms with van der Waals surface area (Å²) < 4.78 is 23.9. The Kier molecular flexibility index (Phi) is 10.1. The fourth-order valence-corrected chi connectivity index (χ4v) is 9.06. The van der Waals surface area contributed by atoms with Crippen LogP contribution in [-0.2, 0) is 31.1 Å². The molecular formula is C12H30O4SiTi. The van der Waals surface area contributed by atoms with Crippen molar-refractivity contribution in [1.29, 1.82) is 0 Å². The van der Waals surface area contributed by atoms with Gasteiger partial charge in [0.15, 0.2) is 0 Å². The summed E-state index contributed by atoms with van der Waals surface area (Å²) in [5.41, 5.74) is 0. The van der Waals surface area contributed by atoms with Crippen LogP contribution < -0.4 is 0 Å². The molecule has 0 aliphatic carbocycles. The molecule has 0 N–H and O–H groups in total. The molecule has 0 aromatic carbocycles. The van der Waals surface area contributed by atoms with Gasteiger partial charge in [0, 0.05) is 0 Å². The van der Waals surface area contributed by atoms with Gasteiger partial charge in [-0.15, -0.1) is 0 Å². The molecule has 0 radical (unpaired) electrons. The Morgan fingerprint density at radius 3 is 1.28 bits per heavy atom. The van der Waals surface area contributed by atoms with Crippen molar-refractivity contribution in [2.45, 2.75) is 59.7 Å². The van der Waals surface area contributed by atoms with E-state index in [1.165, 1.54) is 0 Å². The Bertz CT molecular complexity index is 187. The Hall–Kier alpha value is 0.771. The van der Waals surface area contributed by atoms with Gasteiger partial charge in [0.1, 0.15) is 0 Å². The van der Waals surface area contributed by atoms with E-state index in [0.717, 1.165) is 19.3 Å².